The van der Waals surface area contributed by atoms with E-state index in [-0.39, 0.29) is 5.75 Å². The van der Waals surface area contributed by atoms with Gasteiger partial charge in [0.1, 0.15) is 6.54 Å². The van der Waals surface area contributed by atoms with E-state index in [1.165, 1.54) is 0 Å². The summed E-state index contributed by atoms with van der Waals surface area (Å²) in [5.74, 6) is -0.835. The fourth-order valence-corrected chi connectivity index (χ4v) is 0.719. The quantitative estimate of drug-likeness (QED) is 0.638. The minimum Gasteiger partial charge on any atom is -0.336 e. The number of carbonyl (C=O) groups excluding carboxylic acids is 1. The van der Waals surface area contributed by atoms with Crippen molar-refractivity contribution in [2.45, 2.75) is 6.18 Å². The summed E-state index contributed by atoms with van der Waals surface area (Å²) in [6, 6.07) is 0. The largest absolute Gasteiger partial charge is 0.406 e. The topological polar surface area (TPSA) is 20.3 Å². The maximum Gasteiger partial charge on any atom is 0.406 e. The van der Waals surface area contributed by atoms with Crippen LogP contribution in [0.5, 0.6) is 0 Å². The molecule has 0 bridgehead atoms. The van der Waals surface area contributed by atoms with Gasteiger partial charge < -0.3 is 4.90 Å². The van der Waals surface area contributed by atoms with Gasteiger partial charge in [-0.3, -0.25) is 4.79 Å². The maximum atomic E-state index is 11.6. The Balaban J connectivity index is 3.87. The molecule has 0 saturated heterocycles. The van der Waals surface area contributed by atoms with Crippen LogP contribution in [0.25, 0.3) is 0 Å². The monoisotopic (exact) mass is 187 g/mol. The Hall–Kier alpha value is -0.390. The molecule has 0 spiro atoms. The molecule has 0 aliphatic carbocycles. The third kappa shape index (κ3) is 4.94. The molecule has 0 heterocycles. The van der Waals surface area contributed by atoms with Crippen LogP contribution in [0.1, 0.15) is 0 Å². The fourth-order valence-electron chi connectivity index (χ4n) is 0.478. The Labute approximate surface area is 67.8 Å². The van der Waals surface area contributed by atoms with E-state index in [4.69, 9.17) is 0 Å². The molecule has 0 saturated carbocycles. The van der Waals surface area contributed by atoms with Gasteiger partial charge in [-0.2, -0.15) is 25.8 Å². The van der Waals surface area contributed by atoms with Crippen LogP contribution < -0.4 is 0 Å². The first kappa shape index (κ1) is 10.6. The first-order valence-electron chi connectivity index (χ1n) is 2.78. The highest BCUT2D eigenvalue weighted by Crippen LogP contribution is 2.15. The summed E-state index contributed by atoms with van der Waals surface area (Å²) in [6.07, 6.45) is -4.33. The molecule has 1 amide bonds. The molecule has 0 aliphatic rings. The summed E-state index contributed by atoms with van der Waals surface area (Å²) < 4.78 is 34.8. The normalized spacial score (nSPS) is 11.4. The Morgan fingerprint density at radius 3 is 2.27 bits per heavy atom. The van der Waals surface area contributed by atoms with E-state index >= 15 is 0 Å². The van der Waals surface area contributed by atoms with Gasteiger partial charge in [0, 0.05) is 7.05 Å². The van der Waals surface area contributed by atoms with Gasteiger partial charge >= 0.3 is 6.18 Å². The van der Waals surface area contributed by atoms with E-state index in [2.05, 4.69) is 12.6 Å². The van der Waals surface area contributed by atoms with Crippen molar-refractivity contribution in [2.24, 2.45) is 0 Å². The molecule has 0 aliphatic heterocycles. The minimum atomic E-state index is -4.33. The van der Waals surface area contributed by atoms with E-state index in [0.717, 1.165) is 7.05 Å². The molecule has 0 atom stereocenters. The van der Waals surface area contributed by atoms with Gasteiger partial charge in [0.25, 0.3) is 0 Å². The fraction of sp³-hybridized carbons (Fsp3) is 0.800. The number of hydrogen-bond donors (Lipinski definition) is 1. The third-order valence-corrected chi connectivity index (χ3v) is 1.25. The number of rotatable bonds is 2. The summed E-state index contributed by atoms with van der Waals surface area (Å²) in [4.78, 5) is 11.1. The first-order chi connectivity index (χ1) is 4.87. The molecule has 6 heteroatoms. The smallest absolute Gasteiger partial charge is 0.336 e. The summed E-state index contributed by atoms with van der Waals surface area (Å²) in [7, 11) is 1.09. The number of nitrogens with zero attached hydrogens (tertiary/aromatic N) is 1. The van der Waals surface area contributed by atoms with Crippen LogP contribution in [0.4, 0.5) is 13.2 Å². The van der Waals surface area contributed by atoms with Crippen LogP contribution in [-0.2, 0) is 4.79 Å². The molecule has 66 valence electrons. The van der Waals surface area contributed by atoms with Gasteiger partial charge in [-0.15, -0.1) is 0 Å². The van der Waals surface area contributed by atoms with Crippen molar-refractivity contribution < 1.29 is 18.0 Å². The van der Waals surface area contributed by atoms with Crippen LogP contribution in [0.3, 0.4) is 0 Å². The van der Waals surface area contributed by atoms with Crippen LogP contribution in [0, 0.1) is 0 Å². The highest BCUT2D eigenvalue weighted by Gasteiger charge is 2.30. The van der Waals surface area contributed by atoms with Crippen LogP contribution in [0.2, 0.25) is 0 Å². The van der Waals surface area contributed by atoms with Gasteiger partial charge in [-0.25, -0.2) is 0 Å². The molecule has 2 nitrogen and oxygen atoms in total. The highest BCUT2D eigenvalue weighted by atomic mass is 32.1. The molecule has 0 fully saturated rings. The van der Waals surface area contributed by atoms with Crippen molar-refractivity contribution >= 4 is 18.5 Å². The number of hydrogen-bond acceptors (Lipinski definition) is 2. The SMILES string of the molecule is CN(CC(F)(F)F)C(=O)CS. The standard InChI is InChI=1S/C5H8F3NOS/c1-9(4(10)2-11)3-5(6,7)8/h11H,2-3H2,1H3. The van der Waals surface area contributed by atoms with Crippen molar-refractivity contribution in [3.63, 3.8) is 0 Å². The molecular formula is C5H8F3NOS. The predicted molar refractivity (Wildman–Crippen MR) is 37.5 cm³/mol. The second-order valence-electron chi connectivity index (χ2n) is 2.02. The Morgan fingerprint density at radius 1 is 1.55 bits per heavy atom. The molecular weight excluding hydrogens is 179 g/mol. The van der Waals surface area contributed by atoms with Crippen molar-refractivity contribution in [3.05, 3.63) is 0 Å². The maximum absolute atomic E-state index is 11.6. The van der Waals surface area contributed by atoms with Crippen molar-refractivity contribution in [1.29, 1.82) is 0 Å². The van der Waals surface area contributed by atoms with E-state index in [1.54, 1.807) is 0 Å². The Bertz CT molecular complexity index is 147. The molecule has 0 aromatic heterocycles. The number of alkyl halides is 3. The summed E-state index contributed by atoms with van der Waals surface area (Å²) >= 11 is 3.55. The van der Waals surface area contributed by atoms with Gasteiger partial charge in [0.05, 0.1) is 5.75 Å². The second kappa shape index (κ2) is 3.85. The molecule has 0 aromatic rings. The van der Waals surface area contributed by atoms with Crippen LogP contribution in [0.15, 0.2) is 0 Å². The summed E-state index contributed by atoms with van der Waals surface area (Å²) in [6.45, 7) is -1.22. The van der Waals surface area contributed by atoms with E-state index < -0.39 is 18.6 Å². The average Bonchev–Trinajstić information content (AvgIpc) is 1.82. The number of halogens is 3. The van der Waals surface area contributed by atoms with Gasteiger partial charge in [0.15, 0.2) is 0 Å². The van der Waals surface area contributed by atoms with Crippen LogP contribution >= 0.6 is 12.6 Å². The van der Waals surface area contributed by atoms with Gasteiger partial charge in [0.2, 0.25) is 5.91 Å². The number of carbonyl (C=O) groups is 1. The lowest BCUT2D eigenvalue weighted by atomic mass is 10.5. The minimum absolute atomic E-state index is 0.202. The van der Waals surface area contributed by atoms with Crippen molar-refractivity contribution in [1.82, 2.24) is 4.90 Å². The molecule has 0 unspecified atom stereocenters. The zero-order chi connectivity index (χ0) is 9.07. The van der Waals surface area contributed by atoms with Crippen molar-refractivity contribution in [3.8, 4) is 0 Å². The average molecular weight is 187 g/mol. The lowest BCUT2D eigenvalue weighted by molar-refractivity contribution is -0.156. The zero-order valence-corrected chi connectivity index (χ0v) is 6.75. The van der Waals surface area contributed by atoms with E-state index in [9.17, 15) is 18.0 Å². The predicted octanol–water partition coefficient (Wildman–Crippen LogP) is 0.937. The van der Waals surface area contributed by atoms with Crippen LogP contribution in [-0.4, -0.2) is 36.3 Å². The van der Waals surface area contributed by atoms with Gasteiger partial charge in [-0.05, 0) is 0 Å². The lowest BCUT2D eigenvalue weighted by Gasteiger charge is -2.17. The van der Waals surface area contributed by atoms with Gasteiger partial charge in [-0.1, -0.05) is 0 Å². The zero-order valence-electron chi connectivity index (χ0n) is 5.85. The Kier molecular flexibility index (Phi) is 3.71. The molecule has 0 rings (SSSR count). The molecule has 0 N–H and O–H groups in total. The summed E-state index contributed by atoms with van der Waals surface area (Å²) in [5, 5.41) is 0. The van der Waals surface area contributed by atoms with Crippen molar-refractivity contribution in [2.75, 3.05) is 19.3 Å². The summed E-state index contributed by atoms with van der Waals surface area (Å²) in [5.41, 5.74) is 0. The number of thiol groups is 1. The van der Waals surface area contributed by atoms with E-state index in [0.29, 0.717) is 4.90 Å². The molecule has 0 radical (unpaired) electrons. The Morgan fingerprint density at radius 2 is 2.00 bits per heavy atom. The molecule has 11 heavy (non-hydrogen) atoms. The third-order valence-electron chi connectivity index (χ3n) is 0.977. The first-order valence-corrected chi connectivity index (χ1v) is 3.41. The molecule has 0 aromatic carbocycles. The van der Waals surface area contributed by atoms with E-state index in [1.807, 2.05) is 0 Å². The lowest BCUT2D eigenvalue weighted by Crippen LogP contribution is -2.36. The second-order valence-corrected chi connectivity index (χ2v) is 2.34. The number of amides is 1. The highest BCUT2D eigenvalue weighted by molar-refractivity contribution is 7.81.